The smallest absolute Gasteiger partial charge is 0.263 e. The second-order valence-electron chi connectivity index (χ2n) is 4.04. The van der Waals surface area contributed by atoms with Gasteiger partial charge in [-0.2, -0.15) is 0 Å². The highest BCUT2D eigenvalue weighted by atomic mass is 32.2. The molecule has 0 bridgehead atoms. The fourth-order valence-corrected chi connectivity index (χ4v) is 2.54. The Kier molecular flexibility index (Phi) is 4.34. The molecule has 0 unspecified atom stereocenters. The Morgan fingerprint density at radius 3 is 2.43 bits per heavy atom. The first-order chi connectivity index (χ1) is 10.0. The summed E-state index contributed by atoms with van der Waals surface area (Å²) in [5.74, 6) is -0.126. The highest BCUT2D eigenvalue weighted by Gasteiger charge is 2.14. The van der Waals surface area contributed by atoms with Gasteiger partial charge < -0.3 is 5.32 Å². The quantitative estimate of drug-likeness (QED) is 0.827. The Balaban J connectivity index is 2.17. The lowest BCUT2D eigenvalue weighted by atomic mass is 10.3. The van der Waals surface area contributed by atoms with Gasteiger partial charge in [0, 0.05) is 11.9 Å². The molecule has 0 atom stereocenters. The fourth-order valence-electron chi connectivity index (χ4n) is 1.53. The van der Waals surface area contributed by atoms with Crippen LogP contribution in [0.2, 0.25) is 0 Å². The van der Waals surface area contributed by atoms with Crippen molar-refractivity contribution >= 4 is 27.4 Å². The molecule has 2 aromatic rings. The lowest BCUT2D eigenvalue weighted by Crippen LogP contribution is -2.14. The number of aromatic nitrogens is 1. The number of carbonyl (C=O) groups excluding carboxylic acids is 1. The summed E-state index contributed by atoms with van der Waals surface area (Å²) in [5, 5.41) is 2.54. The molecule has 1 heterocycles. The van der Waals surface area contributed by atoms with E-state index in [1.165, 1.54) is 30.5 Å². The van der Waals surface area contributed by atoms with Crippen LogP contribution in [0.5, 0.6) is 0 Å². The SMILES string of the molecule is C=CC(=O)Nc1ccc(S(=O)(=O)Nc2ccccn2)cc1. The number of anilines is 2. The lowest BCUT2D eigenvalue weighted by molar-refractivity contribution is -0.111. The summed E-state index contributed by atoms with van der Waals surface area (Å²) in [4.78, 5) is 15.1. The third-order valence-electron chi connectivity index (χ3n) is 2.52. The van der Waals surface area contributed by atoms with Gasteiger partial charge in [-0.15, -0.1) is 0 Å². The van der Waals surface area contributed by atoms with Crippen LogP contribution in [0.25, 0.3) is 0 Å². The van der Waals surface area contributed by atoms with E-state index in [-0.39, 0.29) is 16.6 Å². The van der Waals surface area contributed by atoms with Gasteiger partial charge in [0.05, 0.1) is 4.90 Å². The fraction of sp³-hybridized carbons (Fsp3) is 0. The Hall–Kier alpha value is -2.67. The molecule has 6 nitrogen and oxygen atoms in total. The molecule has 0 fully saturated rings. The number of benzene rings is 1. The molecule has 0 saturated heterocycles. The van der Waals surface area contributed by atoms with Gasteiger partial charge >= 0.3 is 0 Å². The molecule has 0 aliphatic heterocycles. The molecule has 0 aliphatic carbocycles. The van der Waals surface area contributed by atoms with Crippen molar-refractivity contribution in [1.82, 2.24) is 4.98 Å². The van der Waals surface area contributed by atoms with Gasteiger partial charge in [-0.25, -0.2) is 13.4 Å². The number of nitrogens with zero attached hydrogens (tertiary/aromatic N) is 1. The second-order valence-corrected chi connectivity index (χ2v) is 5.72. The molecule has 2 rings (SSSR count). The van der Waals surface area contributed by atoms with Crippen molar-refractivity contribution in [3.8, 4) is 0 Å². The molecule has 1 aromatic carbocycles. The highest BCUT2D eigenvalue weighted by Crippen LogP contribution is 2.17. The molecule has 2 N–H and O–H groups in total. The third-order valence-corrected chi connectivity index (χ3v) is 3.89. The van der Waals surface area contributed by atoms with E-state index in [0.717, 1.165) is 6.08 Å². The minimum absolute atomic E-state index is 0.0738. The highest BCUT2D eigenvalue weighted by molar-refractivity contribution is 7.92. The molecule has 7 heteroatoms. The van der Waals surface area contributed by atoms with Crippen LogP contribution in [0.4, 0.5) is 11.5 Å². The van der Waals surface area contributed by atoms with Crippen molar-refractivity contribution in [3.05, 3.63) is 61.3 Å². The van der Waals surface area contributed by atoms with Gasteiger partial charge in [-0.3, -0.25) is 9.52 Å². The maximum absolute atomic E-state index is 12.1. The minimum atomic E-state index is -3.71. The monoisotopic (exact) mass is 303 g/mol. The van der Waals surface area contributed by atoms with Crippen molar-refractivity contribution in [2.75, 3.05) is 10.0 Å². The van der Waals surface area contributed by atoms with Crippen LogP contribution in [-0.4, -0.2) is 19.3 Å². The molecule has 0 spiro atoms. The largest absolute Gasteiger partial charge is 0.323 e. The van der Waals surface area contributed by atoms with Crippen LogP contribution < -0.4 is 10.0 Å². The zero-order chi connectivity index (χ0) is 15.3. The summed E-state index contributed by atoms with van der Waals surface area (Å²) in [7, 11) is -3.71. The maximum Gasteiger partial charge on any atom is 0.263 e. The Morgan fingerprint density at radius 1 is 1.14 bits per heavy atom. The number of carbonyl (C=O) groups is 1. The van der Waals surface area contributed by atoms with Gasteiger partial charge in [-0.1, -0.05) is 12.6 Å². The van der Waals surface area contributed by atoms with E-state index in [0.29, 0.717) is 5.69 Å². The van der Waals surface area contributed by atoms with Crippen LogP contribution >= 0.6 is 0 Å². The van der Waals surface area contributed by atoms with E-state index < -0.39 is 10.0 Å². The zero-order valence-electron chi connectivity index (χ0n) is 11.0. The average Bonchev–Trinajstić information content (AvgIpc) is 2.48. The first kappa shape index (κ1) is 14.7. The van der Waals surface area contributed by atoms with Gasteiger partial charge in [0.15, 0.2) is 0 Å². The van der Waals surface area contributed by atoms with Crippen molar-refractivity contribution in [2.24, 2.45) is 0 Å². The van der Waals surface area contributed by atoms with Crippen molar-refractivity contribution < 1.29 is 13.2 Å². The van der Waals surface area contributed by atoms with Gasteiger partial charge in [-0.05, 0) is 42.5 Å². The maximum atomic E-state index is 12.1. The Bertz CT molecular complexity index is 741. The molecule has 0 aliphatic rings. The first-order valence-electron chi connectivity index (χ1n) is 5.98. The summed E-state index contributed by atoms with van der Waals surface area (Å²) in [6.45, 7) is 3.34. The molecule has 0 saturated carbocycles. The summed E-state index contributed by atoms with van der Waals surface area (Å²) in [5.41, 5.74) is 0.483. The molecule has 1 amide bonds. The topological polar surface area (TPSA) is 88.2 Å². The van der Waals surface area contributed by atoms with Crippen LogP contribution in [0.3, 0.4) is 0 Å². The number of nitrogens with one attached hydrogen (secondary N) is 2. The number of sulfonamides is 1. The molecular weight excluding hydrogens is 290 g/mol. The lowest BCUT2D eigenvalue weighted by Gasteiger charge is -2.08. The number of hydrogen-bond donors (Lipinski definition) is 2. The molecule has 108 valence electrons. The van der Waals surface area contributed by atoms with Gasteiger partial charge in [0.2, 0.25) is 5.91 Å². The Morgan fingerprint density at radius 2 is 1.86 bits per heavy atom. The van der Waals surface area contributed by atoms with Crippen LogP contribution in [0, 0.1) is 0 Å². The van der Waals surface area contributed by atoms with Crippen LogP contribution in [0.1, 0.15) is 0 Å². The second kappa shape index (κ2) is 6.19. The molecule has 0 radical (unpaired) electrons. The van der Waals surface area contributed by atoms with E-state index in [1.807, 2.05) is 0 Å². The van der Waals surface area contributed by atoms with Crippen molar-refractivity contribution in [1.29, 1.82) is 0 Å². The average molecular weight is 303 g/mol. The summed E-state index contributed by atoms with van der Waals surface area (Å²) in [6.07, 6.45) is 2.62. The standard InChI is InChI=1S/C14H13N3O3S/c1-2-14(18)16-11-6-8-12(9-7-11)21(19,20)17-13-5-3-4-10-15-13/h2-10H,1H2,(H,15,17)(H,16,18). The predicted octanol–water partition coefficient (Wildman–Crippen LogP) is 2.01. The van der Waals surface area contributed by atoms with Crippen LogP contribution in [-0.2, 0) is 14.8 Å². The summed E-state index contributed by atoms with van der Waals surface area (Å²) in [6, 6.07) is 10.7. The molecular formula is C14H13N3O3S. The van der Waals surface area contributed by atoms with Gasteiger partial charge in [0.1, 0.15) is 5.82 Å². The van der Waals surface area contributed by atoms with Crippen LogP contribution in [0.15, 0.2) is 66.2 Å². The zero-order valence-corrected chi connectivity index (χ0v) is 11.8. The molecule has 1 aromatic heterocycles. The van der Waals surface area contributed by atoms with E-state index >= 15 is 0 Å². The minimum Gasteiger partial charge on any atom is -0.323 e. The normalized spacial score (nSPS) is 10.7. The summed E-state index contributed by atoms with van der Waals surface area (Å²) >= 11 is 0. The first-order valence-corrected chi connectivity index (χ1v) is 7.47. The van der Waals surface area contributed by atoms with Gasteiger partial charge in [0.25, 0.3) is 10.0 Å². The van der Waals surface area contributed by atoms with Crippen molar-refractivity contribution in [2.45, 2.75) is 4.90 Å². The van der Waals surface area contributed by atoms with E-state index in [2.05, 4.69) is 21.6 Å². The Labute approximate surface area is 122 Å². The summed E-state index contributed by atoms with van der Waals surface area (Å²) < 4.78 is 26.6. The third kappa shape index (κ3) is 3.90. The predicted molar refractivity (Wildman–Crippen MR) is 80.3 cm³/mol. The van der Waals surface area contributed by atoms with E-state index in [1.54, 1.807) is 18.2 Å². The number of amides is 1. The number of hydrogen-bond acceptors (Lipinski definition) is 4. The van der Waals surface area contributed by atoms with Crippen molar-refractivity contribution in [3.63, 3.8) is 0 Å². The molecule has 21 heavy (non-hydrogen) atoms. The van der Waals surface area contributed by atoms with E-state index in [9.17, 15) is 13.2 Å². The number of pyridine rings is 1. The van der Waals surface area contributed by atoms with E-state index in [4.69, 9.17) is 0 Å². The number of rotatable bonds is 5.